The van der Waals surface area contributed by atoms with Gasteiger partial charge in [0.05, 0.1) is 5.92 Å². The summed E-state index contributed by atoms with van der Waals surface area (Å²) in [6.07, 6.45) is 0. The monoisotopic (exact) mass is 271 g/mol. The molecule has 2 unspecified atom stereocenters. The predicted molar refractivity (Wildman–Crippen MR) is 68.5 cm³/mol. The number of carbonyl (C=O) groups is 3. The van der Waals surface area contributed by atoms with Crippen molar-refractivity contribution in [2.24, 2.45) is 11.8 Å². The van der Waals surface area contributed by atoms with Gasteiger partial charge in [-0.2, -0.15) is 0 Å². The molecule has 0 bridgehead atoms. The van der Waals surface area contributed by atoms with Crippen molar-refractivity contribution in [3.05, 3.63) is 0 Å². The first-order chi connectivity index (χ1) is 8.84. The van der Waals surface area contributed by atoms with Crippen molar-refractivity contribution < 1.29 is 19.5 Å². The molecule has 1 fully saturated rings. The van der Waals surface area contributed by atoms with Crippen LogP contribution in [0.15, 0.2) is 0 Å². The molecule has 0 aromatic heterocycles. The summed E-state index contributed by atoms with van der Waals surface area (Å²) < 4.78 is 0. The van der Waals surface area contributed by atoms with Crippen LogP contribution in [0.25, 0.3) is 0 Å². The van der Waals surface area contributed by atoms with Crippen LogP contribution in [0.1, 0.15) is 20.8 Å². The van der Waals surface area contributed by atoms with Gasteiger partial charge in [0.25, 0.3) is 0 Å². The van der Waals surface area contributed by atoms with E-state index in [0.29, 0.717) is 13.1 Å². The van der Waals surface area contributed by atoms with E-state index >= 15 is 0 Å². The zero-order chi connectivity index (χ0) is 14.6. The number of hydrogen-bond acceptors (Lipinski definition) is 3. The Labute approximate surface area is 112 Å². The third-order valence-corrected chi connectivity index (χ3v) is 3.35. The van der Waals surface area contributed by atoms with E-state index < -0.39 is 24.0 Å². The lowest BCUT2D eigenvalue weighted by Gasteiger charge is -2.33. The van der Waals surface area contributed by atoms with E-state index in [1.807, 2.05) is 0 Å². The Bertz CT molecular complexity index is 370. The van der Waals surface area contributed by atoms with Crippen molar-refractivity contribution >= 4 is 17.9 Å². The van der Waals surface area contributed by atoms with E-state index in [4.69, 9.17) is 5.11 Å². The first-order valence-electron chi connectivity index (χ1n) is 6.39. The normalized spacial score (nSPS) is 20.9. The van der Waals surface area contributed by atoms with Crippen LogP contribution in [0.2, 0.25) is 0 Å². The highest BCUT2D eigenvalue weighted by atomic mass is 16.4. The maximum absolute atomic E-state index is 11.9. The molecule has 2 atom stereocenters. The van der Waals surface area contributed by atoms with Crippen molar-refractivity contribution in [1.29, 1.82) is 0 Å². The summed E-state index contributed by atoms with van der Waals surface area (Å²) in [5.41, 5.74) is 0. The average molecular weight is 271 g/mol. The largest absolute Gasteiger partial charge is 0.481 e. The second kappa shape index (κ2) is 6.40. The molecule has 1 saturated heterocycles. The fourth-order valence-electron chi connectivity index (χ4n) is 1.97. The van der Waals surface area contributed by atoms with Gasteiger partial charge >= 0.3 is 12.0 Å². The van der Waals surface area contributed by atoms with E-state index in [-0.39, 0.29) is 18.4 Å². The van der Waals surface area contributed by atoms with Crippen LogP contribution < -0.4 is 10.6 Å². The summed E-state index contributed by atoms with van der Waals surface area (Å²) in [5.74, 6) is -1.82. The van der Waals surface area contributed by atoms with E-state index in [0.717, 1.165) is 0 Å². The topological polar surface area (TPSA) is 98.7 Å². The summed E-state index contributed by atoms with van der Waals surface area (Å²) >= 11 is 0. The molecule has 0 saturated carbocycles. The van der Waals surface area contributed by atoms with Crippen molar-refractivity contribution in [3.63, 3.8) is 0 Å². The highest BCUT2D eigenvalue weighted by molar-refractivity contribution is 5.88. The van der Waals surface area contributed by atoms with Gasteiger partial charge < -0.3 is 20.6 Å². The van der Waals surface area contributed by atoms with Crippen molar-refractivity contribution in [3.8, 4) is 0 Å². The highest BCUT2D eigenvalue weighted by Gasteiger charge is 2.30. The van der Waals surface area contributed by atoms with Gasteiger partial charge in [-0.05, 0) is 12.8 Å². The lowest BCUT2D eigenvalue weighted by atomic mass is 9.96. The van der Waals surface area contributed by atoms with Crippen LogP contribution in [0, 0.1) is 11.8 Å². The Morgan fingerprint density at radius 1 is 1.53 bits per heavy atom. The molecule has 0 radical (unpaired) electrons. The van der Waals surface area contributed by atoms with Gasteiger partial charge in [-0.3, -0.25) is 9.59 Å². The van der Waals surface area contributed by atoms with Crippen LogP contribution in [0.4, 0.5) is 4.79 Å². The Morgan fingerprint density at radius 3 is 2.68 bits per heavy atom. The van der Waals surface area contributed by atoms with Crippen molar-refractivity contribution in [2.75, 3.05) is 19.6 Å². The number of carboxylic acids is 1. The second-order valence-electron chi connectivity index (χ2n) is 5.04. The maximum atomic E-state index is 11.9. The lowest BCUT2D eigenvalue weighted by molar-refractivity contribution is -0.143. The number of carboxylic acid groups (broad SMARTS) is 1. The highest BCUT2D eigenvalue weighted by Crippen LogP contribution is 2.10. The third kappa shape index (κ3) is 3.84. The minimum atomic E-state index is -0.931. The van der Waals surface area contributed by atoms with Crippen LogP contribution in [0.5, 0.6) is 0 Å². The zero-order valence-corrected chi connectivity index (χ0v) is 11.5. The molecule has 7 heteroatoms. The fraction of sp³-hybridized carbons (Fsp3) is 0.750. The molecular weight excluding hydrogens is 250 g/mol. The molecule has 108 valence electrons. The zero-order valence-electron chi connectivity index (χ0n) is 11.5. The minimum Gasteiger partial charge on any atom is -0.481 e. The van der Waals surface area contributed by atoms with Gasteiger partial charge in [-0.25, -0.2) is 4.79 Å². The van der Waals surface area contributed by atoms with Crippen LogP contribution in [0.3, 0.4) is 0 Å². The summed E-state index contributed by atoms with van der Waals surface area (Å²) in [6, 6.07) is -0.926. The lowest BCUT2D eigenvalue weighted by Crippen LogP contribution is -2.58. The van der Waals surface area contributed by atoms with E-state index in [2.05, 4.69) is 10.6 Å². The summed E-state index contributed by atoms with van der Waals surface area (Å²) in [5, 5.41) is 14.3. The maximum Gasteiger partial charge on any atom is 0.318 e. The van der Waals surface area contributed by atoms with Gasteiger partial charge in [-0.15, -0.1) is 0 Å². The molecule has 1 rings (SSSR count). The van der Waals surface area contributed by atoms with E-state index in [1.54, 1.807) is 20.8 Å². The Morgan fingerprint density at radius 2 is 2.16 bits per heavy atom. The molecule has 1 aliphatic rings. The van der Waals surface area contributed by atoms with Crippen molar-refractivity contribution in [1.82, 2.24) is 15.5 Å². The first kappa shape index (κ1) is 15.3. The van der Waals surface area contributed by atoms with Crippen LogP contribution in [-0.4, -0.2) is 53.6 Å². The Kier molecular flexibility index (Phi) is 5.14. The smallest absolute Gasteiger partial charge is 0.318 e. The Balaban J connectivity index is 2.55. The minimum absolute atomic E-state index is 0.0661. The standard InChI is InChI=1S/C12H21N3O4/c1-7(2)9(11(17)18)6-14-12(19)15-5-4-13-10(16)8(15)3/h7-9H,4-6H2,1-3H3,(H,13,16)(H,14,19)(H,17,18). The van der Waals surface area contributed by atoms with Crippen LogP contribution >= 0.6 is 0 Å². The number of hydrogen-bond donors (Lipinski definition) is 3. The molecule has 0 aromatic rings. The number of nitrogens with zero attached hydrogens (tertiary/aromatic N) is 1. The van der Waals surface area contributed by atoms with Crippen LogP contribution in [-0.2, 0) is 9.59 Å². The fourth-order valence-corrected chi connectivity index (χ4v) is 1.97. The predicted octanol–water partition coefficient (Wildman–Crippen LogP) is -0.127. The molecule has 1 aliphatic heterocycles. The molecular formula is C12H21N3O4. The van der Waals surface area contributed by atoms with Gasteiger partial charge in [0, 0.05) is 19.6 Å². The molecule has 3 N–H and O–H groups in total. The number of rotatable bonds is 4. The number of piperazine rings is 1. The molecule has 19 heavy (non-hydrogen) atoms. The van der Waals surface area contributed by atoms with Gasteiger partial charge in [-0.1, -0.05) is 13.8 Å². The average Bonchev–Trinajstić information content (AvgIpc) is 2.31. The number of carbonyl (C=O) groups excluding carboxylic acids is 2. The Hall–Kier alpha value is -1.79. The molecule has 3 amide bonds. The molecule has 0 aliphatic carbocycles. The quantitative estimate of drug-likeness (QED) is 0.663. The van der Waals surface area contributed by atoms with Crippen molar-refractivity contribution in [2.45, 2.75) is 26.8 Å². The van der Waals surface area contributed by atoms with E-state index in [9.17, 15) is 14.4 Å². The second-order valence-corrected chi connectivity index (χ2v) is 5.04. The number of aliphatic carboxylic acids is 1. The van der Waals surface area contributed by atoms with E-state index in [1.165, 1.54) is 4.90 Å². The molecule has 0 spiro atoms. The summed E-state index contributed by atoms with van der Waals surface area (Å²) in [6.45, 7) is 6.15. The van der Waals surface area contributed by atoms with Gasteiger partial charge in [0.1, 0.15) is 6.04 Å². The number of urea groups is 1. The summed E-state index contributed by atoms with van der Waals surface area (Å²) in [7, 11) is 0. The first-order valence-corrected chi connectivity index (χ1v) is 6.39. The SMILES string of the molecule is CC(C)C(CNC(=O)N1CCNC(=O)C1C)C(=O)O. The van der Waals surface area contributed by atoms with Gasteiger partial charge in [0.15, 0.2) is 0 Å². The molecule has 7 nitrogen and oxygen atoms in total. The molecule has 1 heterocycles. The van der Waals surface area contributed by atoms with Gasteiger partial charge in [0.2, 0.25) is 5.91 Å². The molecule has 0 aromatic carbocycles. The summed E-state index contributed by atoms with van der Waals surface area (Å²) in [4.78, 5) is 35.8. The third-order valence-electron chi connectivity index (χ3n) is 3.35. The number of amides is 3. The number of nitrogens with one attached hydrogen (secondary N) is 2.